The first-order chi connectivity index (χ1) is 13.0. The zero-order chi connectivity index (χ0) is 19.2. The van der Waals surface area contributed by atoms with Crippen LogP contribution in [0.15, 0.2) is 40.9 Å². The largest absolute Gasteiger partial charge is 0.359 e. The van der Waals surface area contributed by atoms with Gasteiger partial charge in [-0.25, -0.2) is 0 Å². The molecule has 2 aromatic rings. The zero-order valence-electron chi connectivity index (χ0n) is 16.6. The minimum Gasteiger partial charge on any atom is -0.359 e. The summed E-state index contributed by atoms with van der Waals surface area (Å²) in [6.45, 7) is 3.27. The minimum absolute atomic E-state index is 0.0744. The number of nitrogens with zero attached hydrogens (tertiary/aromatic N) is 4. The van der Waals surface area contributed by atoms with Crippen LogP contribution in [0.5, 0.6) is 0 Å². The van der Waals surface area contributed by atoms with Gasteiger partial charge < -0.3 is 14.3 Å². The number of carbonyl (C=O) groups excluding carboxylic acids is 1. The van der Waals surface area contributed by atoms with Gasteiger partial charge in [-0.15, -0.1) is 0 Å². The van der Waals surface area contributed by atoms with Gasteiger partial charge in [0, 0.05) is 32.2 Å². The van der Waals surface area contributed by atoms with E-state index in [1.807, 2.05) is 32.3 Å². The zero-order valence-corrected chi connectivity index (χ0v) is 16.6. The third-order valence-electron chi connectivity index (χ3n) is 5.25. The maximum absolute atomic E-state index is 12.7. The fourth-order valence-corrected chi connectivity index (χ4v) is 3.67. The first kappa shape index (κ1) is 19.6. The van der Waals surface area contributed by atoms with E-state index < -0.39 is 0 Å². The average molecular weight is 370 g/mol. The molecule has 0 spiro atoms. The second-order valence-corrected chi connectivity index (χ2v) is 7.65. The lowest BCUT2D eigenvalue weighted by atomic mass is 10.0. The van der Waals surface area contributed by atoms with E-state index in [-0.39, 0.29) is 5.91 Å². The Kier molecular flexibility index (Phi) is 6.63. The SMILES string of the molecule is CN(Cc1ccccc1)Cc1cc(C(=O)N(C)C[C@H]2CCCCN2C)no1. The number of hydrogen-bond donors (Lipinski definition) is 0. The summed E-state index contributed by atoms with van der Waals surface area (Å²) in [7, 11) is 6.02. The molecule has 0 saturated carbocycles. The van der Waals surface area contributed by atoms with E-state index in [4.69, 9.17) is 4.52 Å². The molecule has 0 unspecified atom stereocenters. The monoisotopic (exact) mass is 370 g/mol. The maximum Gasteiger partial charge on any atom is 0.275 e. The molecule has 1 atom stereocenters. The smallest absolute Gasteiger partial charge is 0.275 e. The van der Waals surface area contributed by atoms with Gasteiger partial charge >= 0.3 is 0 Å². The van der Waals surface area contributed by atoms with Crippen LogP contribution in [0.4, 0.5) is 0 Å². The second kappa shape index (κ2) is 9.15. The van der Waals surface area contributed by atoms with Gasteiger partial charge in [-0.2, -0.15) is 0 Å². The van der Waals surface area contributed by atoms with E-state index in [1.165, 1.54) is 18.4 Å². The fraction of sp³-hybridized carbons (Fsp3) is 0.524. The van der Waals surface area contributed by atoms with E-state index in [2.05, 4.69) is 34.1 Å². The molecular weight excluding hydrogens is 340 g/mol. The molecule has 3 rings (SSSR count). The van der Waals surface area contributed by atoms with Crippen molar-refractivity contribution in [3.05, 3.63) is 53.4 Å². The maximum atomic E-state index is 12.7. The summed E-state index contributed by atoms with van der Waals surface area (Å²) in [5, 5.41) is 4.00. The number of likely N-dealkylation sites (tertiary alicyclic amines) is 1. The molecular formula is C21H30N4O2. The van der Waals surface area contributed by atoms with Crippen molar-refractivity contribution in [2.45, 2.75) is 38.4 Å². The summed E-state index contributed by atoms with van der Waals surface area (Å²) in [5.41, 5.74) is 1.63. The lowest BCUT2D eigenvalue weighted by Crippen LogP contribution is -2.45. The van der Waals surface area contributed by atoms with Crippen LogP contribution in [0.1, 0.15) is 41.1 Å². The predicted molar refractivity (Wildman–Crippen MR) is 105 cm³/mol. The molecule has 6 heteroatoms. The standard InChI is InChI=1S/C21H30N4O2/c1-23(14-17-9-5-4-6-10-17)16-19-13-20(22-27-19)21(26)25(3)15-18-11-7-8-12-24(18)2/h4-6,9-10,13,18H,7-8,11-12,14-16H2,1-3H3/t18-/m1/s1. The lowest BCUT2D eigenvalue weighted by Gasteiger charge is -2.34. The van der Waals surface area contributed by atoms with E-state index in [0.29, 0.717) is 24.0 Å². The Labute approximate surface area is 161 Å². The summed E-state index contributed by atoms with van der Waals surface area (Å²) in [6.07, 6.45) is 3.62. The van der Waals surface area contributed by atoms with Crippen LogP contribution in [-0.4, -0.2) is 66.0 Å². The van der Waals surface area contributed by atoms with Crippen molar-refractivity contribution in [3.8, 4) is 0 Å². The van der Waals surface area contributed by atoms with Gasteiger partial charge in [-0.05, 0) is 39.0 Å². The van der Waals surface area contributed by atoms with Crippen molar-refractivity contribution in [1.82, 2.24) is 19.9 Å². The van der Waals surface area contributed by atoms with Crippen molar-refractivity contribution in [1.29, 1.82) is 0 Å². The summed E-state index contributed by atoms with van der Waals surface area (Å²) in [6, 6.07) is 12.5. The number of likely N-dealkylation sites (N-methyl/N-ethyl adjacent to an activating group) is 2. The highest BCUT2D eigenvalue weighted by molar-refractivity contribution is 5.92. The van der Waals surface area contributed by atoms with Crippen LogP contribution >= 0.6 is 0 Å². The van der Waals surface area contributed by atoms with Crippen LogP contribution < -0.4 is 0 Å². The normalized spacial score (nSPS) is 18.0. The summed E-state index contributed by atoms with van der Waals surface area (Å²) >= 11 is 0. The van der Waals surface area contributed by atoms with Crippen LogP contribution in [0.2, 0.25) is 0 Å². The molecule has 0 radical (unpaired) electrons. The van der Waals surface area contributed by atoms with Crippen LogP contribution in [0.25, 0.3) is 0 Å². The number of piperidine rings is 1. The van der Waals surface area contributed by atoms with Gasteiger partial charge in [0.15, 0.2) is 11.5 Å². The second-order valence-electron chi connectivity index (χ2n) is 7.65. The quantitative estimate of drug-likeness (QED) is 0.750. The molecule has 6 nitrogen and oxygen atoms in total. The number of rotatable bonds is 7. The topological polar surface area (TPSA) is 52.8 Å². The highest BCUT2D eigenvalue weighted by Gasteiger charge is 2.24. The van der Waals surface area contributed by atoms with Gasteiger partial charge in [-0.3, -0.25) is 9.69 Å². The Bertz CT molecular complexity index is 731. The molecule has 0 bridgehead atoms. The summed E-state index contributed by atoms with van der Waals surface area (Å²) in [4.78, 5) is 18.9. The van der Waals surface area contributed by atoms with Crippen LogP contribution in [0, 0.1) is 0 Å². The molecule has 146 valence electrons. The molecule has 27 heavy (non-hydrogen) atoms. The third kappa shape index (κ3) is 5.40. The minimum atomic E-state index is -0.0744. The Balaban J connectivity index is 1.53. The van der Waals surface area contributed by atoms with Crippen molar-refractivity contribution < 1.29 is 9.32 Å². The van der Waals surface area contributed by atoms with E-state index in [0.717, 1.165) is 26.1 Å². The Morgan fingerprint density at radius 1 is 1.22 bits per heavy atom. The lowest BCUT2D eigenvalue weighted by molar-refractivity contribution is 0.0707. The highest BCUT2D eigenvalue weighted by Crippen LogP contribution is 2.17. The van der Waals surface area contributed by atoms with E-state index >= 15 is 0 Å². The molecule has 1 aliphatic heterocycles. The van der Waals surface area contributed by atoms with Gasteiger partial charge in [0.1, 0.15) is 0 Å². The molecule has 1 aliphatic rings. The van der Waals surface area contributed by atoms with Gasteiger partial charge in [0.25, 0.3) is 5.91 Å². The molecule has 0 aliphatic carbocycles. The summed E-state index contributed by atoms with van der Waals surface area (Å²) in [5.74, 6) is 0.634. The van der Waals surface area contributed by atoms with E-state index in [9.17, 15) is 4.79 Å². The third-order valence-corrected chi connectivity index (χ3v) is 5.25. The van der Waals surface area contributed by atoms with Crippen LogP contribution in [-0.2, 0) is 13.1 Å². The molecule has 2 heterocycles. The molecule has 0 N–H and O–H groups in total. The molecule has 1 aromatic carbocycles. The molecule has 1 aromatic heterocycles. The van der Waals surface area contributed by atoms with Crippen molar-refractivity contribution in [2.24, 2.45) is 0 Å². The number of amides is 1. The fourth-order valence-electron chi connectivity index (χ4n) is 3.67. The Morgan fingerprint density at radius 2 is 2.00 bits per heavy atom. The predicted octanol–water partition coefficient (Wildman–Crippen LogP) is 2.86. The highest BCUT2D eigenvalue weighted by atomic mass is 16.5. The van der Waals surface area contributed by atoms with Gasteiger partial charge in [0.05, 0.1) is 6.54 Å². The Morgan fingerprint density at radius 3 is 2.74 bits per heavy atom. The van der Waals surface area contributed by atoms with Crippen molar-refractivity contribution >= 4 is 5.91 Å². The van der Waals surface area contributed by atoms with Crippen LogP contribution in [0.3, 0.4) is 0 Å². The summed E-state index contributed by atoms with van der Waals surface area (Å²) < 4.78 is 5.41. The number of aromatic nitrogens is 1. The first-order valence-electron chi connectivity index (χ1n) is 9.66. The molecule has 1 fully saturated rings. The van der Waals surface area contributed by atoms with Crippen molar-refractivity contribution in [2.75, 3.05) is 34.2 Å². The first-order valence-corrected chi connectivity index (χ1v) is 9.66. The Hall–Kier alpha value is -2.18. The van der Waals surface area contributed by atoms with E-state index in [1.54, 1.807) is 11.0 Å². The number of hydrogen-bond acceptors (Lipinski definition) is 5. The number of carbonyl (C=O) groups is 1. The average Bonchev–Trinajstić information content (AvgIpc) is 3.12. The molecule has 1 amide bonds. The van der Waals surface area contributed by atoms with Gasteiger partial charge in [0.2, 0.25) is 0 Å². The van der Waals surface area contributed by atoms with Gasteiger partial charge in [-0.1, -0.05) is 41.9 Å². The molecule has 1 saturated heterocycles. The number of benzene rings is 1. The van der Waals surface area contributed by atoms with Crippen molar-refractivity contribution in [3.63, 3.8) is 0 Å².